The van der Waals surface area contributed by atoms with E-state index in [2.05, 4.69) is 0 Å². The van der Waals surface area contributed by atoms with E-state index in [4.69, 9.17) is 5.73 Å². The molecule has 3 nitrogen and oxygen atoms in total. The van der Waals surface area contributed by atoms with Crippen LogP contribution >= 0.6 is 8.03 Å². The van der Waals surface area contributed by atoms with Crippen molar-refractivity contribution in [3.05, 3.63) is 29.8 Å². The van der Waals surface area contributed by atoms with Gasteiger partial charge < -0.3 is 10.6 Å². The van der Waals surface area contributed by atoms with E-state index in [0.29, 0.717) is 11.8 Å². The Labute approximate surface area is 65.7 Å². The van der Waals surface area contributed by atoms with Crippen LogP contribution in [0.1, 0.15) is 5.56 Å². The third kappa shape index (κ3) is 2.09. The van der Waals surface area contributed by atoms with Crippen molar-refractivity contribution in [3.8, 4) is 0 Å². The lowest BCUT2D eigenvalue weighted by molar-refractivity contribution is -0.160. The van der Waals surface area contributed by atoms with Crippen LogP contribution in [-0.4, -0.2) is 0 Å². The summed E-state index contributed by atoms with van der Waals surface area (Å²) in [7, 11) is -2.45. The second kappa shape index (κ2) is 3.58. The molecule has 4 heteroatoms. The van der Waals surface area contributed by atoms with Gasteiger partial charge in [-0.1, -0.05) is 16.7 Å². The minimum absolute atomic E-state index is 0.331. The highest BCUT2D eigenvalue weighted by molar-refractivity contribution is 7.45. The minimum Gasteiger partial charge on any atom is -0.591 e. The van der Waals surface area contributed by atoms with Crippen molar-refractivity contribution in [1.29, 1.82) is 0 Å². The topological polar surface area (TPSA) is 66.2 Å². The van der Waals surface area contributed by atoms with Gasteiger partial charge >= 0.3 is 8.03 Å². The Bertz CT molecular complexity index is 258. The van der Waals surface area contributed by atoms with Crippen molar-refractivity contribution >= 4 is 13.3 Å². The summed E-state index contributed by atoms with van der Waals surface area (Å²) < 4.78 is 10.4. The van der Waals surface area contributed by atoms with Gasteiger partial charge in [0.15, 0.2) is 5.30 Å². The lowest BCUT2D eigenvalue weighted by Crippen LogP contribution is -2.05. The highest BCUT2D eigenvalue weighted by Gasteiger charge is 2.04. The van der Waals surface area contributed by atoms with E-state index < -0.39 is 8.03 Å². The molecule has 0 aliphatic carbocycles. The van der Waals surface area contributed by atoms with Crippen LogP contribution in [0.15, 0.2) is 24.3 Å². The van der Waals surface area contributed by atoms with Gasteiger partial charge in [-0.15, -0.1) is 0 Å². The molecule has 0 aromatic heterocycles. The summed E-state index contributed by atoms with van der Waals surface area (Å²) in [4.78, 5) is 10.4. The average Bonchev–Trinajstić information content (AvgIpc) is 2.05. The lowest BCUT2D eigenvalue weighted by Gasteiger charge is -1.93. The summed E-state index contributed by atoms with van der Waals surface area (Å²) >= 11 is 0. The Balaban J connectivity index is 2.91. The molecule has 2 N–H and O–H groups in total. The van der Waals surface area contributed by atoms with Crippen LogP contribution in [0.5, 0.6) is 0 Å². The fourth-order valence-electron chi connectivity index (χ4n) is 0.754. The second-order valence-corrected chi connectivity index (χ2v) is 3.16. The normalized spacial score (nSPS) is 11.3. The van der Waals surface area contributed by atoms with Crippen LogP contribution in [0, 0.1) is 0 Å². The van der Waals surface area contributed by atoms with Crippen molar-refractivity contribution in [1.82, 2.24) is 0 Å². The van der Waals surface area contributed by atoms with Crippen molar-refractivity contribution < 1.29 is 9.46 Å². The van der Waals surface area contributed by atoms with Gasteiger partial charge in [0, 0.05) is 6.54 Å². The van der Waals surface area contributed by atoms with Gasteiger partial charge in [-0.3, -0.25) is 0 Å². The number of benzene rings is 1. The van der Waals surface area contributed by atoms with Crippen molar-refractivity contribution in [2.45, 2.75) is 6.54 Å². The molecule has 1 aromatic carbocycles. The summed E-state index contributed by atoms with van der Waals surface area (Å²) in [5.41, 5.74) is 6.26. The first-order valence-corrected chi connectivity index (χ1v) is 4.35. The van der Waals surface area contributed by atoms with Gasteiger partial charge in [-0.25, -0.2) is 0 Å². The molecule has 0 aliphatic heterocycles. The molecule has 0 bridgehead atoms. The first-order chi connectivity index (χ1) is 5.24. The van der Waals surface area contributed by atoms with Crippen LogP contribution in [0.25, 0.3) is 0 Å². The molecule has 1 rings (SSSR count). The number of hydrogen-bond donors (Lipinski definition) is 1. The van der Waals surface area contributed by atoms with Crippen molar-refractivity contribution in [3.63, 3.8) is 0 Å². The summed E-state index contributed by atoms with van der Waals surface area (Å²) in [5.74, 6) is 0. The molecule has 0 aliphatic rings. The van der Waals surface area contributed by atoms with Gasteiger partial charge in [-0.05, 0) is 17.7 Å². The summed E-state index contributed by atoms with van der Waals surface area (Å²) in [6.07, 6.45) is 0. The highest BCUT2D eigenvalue weighted by Crippen LogP contribution is 2.07. The fourth-order valence-corrected chi connectivity index (χ4v) is 1.15. The van der Waals surface area contributed by atoms with Crippen LogP contribution in [0.3, 0.4) is 0 Å². The molecule has 1 atom stereocenters. The van der Waals surface area contributed by atoms with Crippen LogP contribution in [0.2, 0.25) is 0 Å². The first-order valence-electron chi connectivity index (χ1n) is 3.17. The van der Waals surface area contributed by atoms with E-state index in [0.717, 1.165) is 5.56 Å². The monoisotopic (exact) mass is 169 g/mol. The zero-order valence-corrected chi connectivity index (χ0v) is 6.75. The zero-order valence-electron chi connectivity index (χ0n) is 5.86. The SMILES string of the molecule is NCc1ccc([P+](=O)[O-])cc1. The molecule has 11 heavy (non-hydrogen) atoms. The smallest absolute Gasteiger partial charge is 0.348 e. The first kappa shape index (κ1) is 8.34. The maximum atomic E-state index is 10.4. The lowest BCUT2D eigenvalue weighted by atomic mass is 10.2. The molecule has 58 valence electrons. The van der Waals surface area contributed by atoms with Gasteiger partial charge in [-0.2, -0.15) is 0 Å². The molecule has 0 radical (unpaired) electrons. The molecule has 0 amide bonds. The highest BCUT2D eigenvalue weighted by atomic mass is 31.1. The van der Waals surface area contributed by atoms with Gasteiger partial charge in [0.05, 0.1) is 0 Å². The van der Waals surface area contributed by atoms with Crippen LogP contribution in [-0.2, 0) is 11.1 Å². The number of hydrogen-bond acceptors (Lipinski definition) is 3. The Hall–Kier alpha value is -0.760. The Morgan fingerprint density at radius 3 is 2.27 bits per heavy atom. The van der Waals surface area contributed by atoms with Gasteiger partial charge in [0.25, 0.3) is 0 Å². The van der Waals surface area contributed by atoms with Gasteiger partial charge in [0.2, 0.25) is 0 Å². The van der Waals surface area contributed by atoms with Crippen LogP contribution < -0.4 is 15.9 Å². The average molecular weight is 169 g/mol. The maximum absolute atomic E-state index is 10.4. The summed E-state index contributed by atoms with van der Waals surface area (Å²) in [6.45, 7) is 0.440. The summed E-state index contributed by atoms with van der Waals surface area (Å²) in [6, 6.07) is 6.52. The minimum atomic E-state index is -2.45. The fraction of sp³-hybridized carbons (Fsp3) is 0.143. The van der Waals surface area contributed by atoms with E-state index in [1.165, 1.54) is 0 Å². The van der Waals surface area contributed by atoms with E-state index in [-0.39, 0.29) is 0 Å². The zero-order chi connectivity index (χ0) is 8.27. The molecule has 0 heterocycles. The third-order valence-corrected chi connectivity index (χ3v) is 2.10. The molecular formula is C7H8NO2P. The second-order valence-electron chi connectivity index (χ2n) is 2.13. The molecule has 0 fully saturated rings. The number of nitrogens with two attached hydrogens (primary N) is 1. The quantitative estimate of drug-likeness (QED) is 0.627. The Morgan fingerprint density at radius 2 is 1.91 bits per heavy atom. The molecule has 1 unspecified atom stereocenters. The molecule has 0 saturated heterocycles. The van der Waals surface area contributed by atoms with E-state index in [1.54, 1.807) is 24.3 Å². The standard InChI is InChI=1S/C7H8NO2P/c8-5-6-1-3-7(4-2-6)11(9)10/h1-4H,5,8H2. The summed E-state index contributed by atoms with van der Waals surface area (Å²) in [5, 5.41) is 0.331. The van der Waals surface area contributed by atoms with Crippen LogP contribution in [0.4, 0.5) is 0 Å². The van der Waals surface area contributed by atoms with E-state index in [9.17, 15) is 9.46 Å². The predicted molar refractivity (Wildman–Crippen MR) is 41.6 cm³/mol. The molecular weight excluding hydrogens is 161 g/mol. The van der Waals surface area contributed by atoms with Crippen molar-refractivity contribution in [2.24, 2.45) is 5.73 Å². The number of rotatable bonds is 2. The predicted octanol–water partition coefficient (Wildman–Crippen LogP) is -0.127. The van der Waals surface area contributed by atoms with Gasteiger partial charge in [0.1, 0.15) is 0 Å². The molecule has 0 spiro atoms. The third-order valence-electron chi connectivity index (χ3n) is 1.38. The van der Waals surface area contributed by atoms with E-state index >= 15 is 0 Å². The molecule has 1 aromatic rings. The Kier molecular flexibility index (Phi) is 2.71. The van der Waals surface area contributed by atoms with E-state index in [1.807, 2.05) is 0 Å². The Morgan fingerprint density at radius 1 is 1.36 bits per heavy atom. The van der Waals surface area contributed by atoms with Crippen molar-refractivity contribution in [2.75, 3.05) is 0 Å². The molecule has 0 saturated carbocycles. The largest absolute Gasteiger partial charge is 0.591 e. The maximum Gasteiger partial charge on any atom is 0.348 e.